The van der Waals surface area contributed by atoms with Gasteiger partial charge in [0, 0.05) is 12.2 Å². The van der Waals surface area contributed by atoms with Gasteiger partial charge in [0.25, 0.3) is 0 Å². The lowest BCUT2D eigenvalue weighted by Gasteiger charge is -2.11. The molecule has 1 amide bonds. The molecule has 168 valence electrons. The van der Waals surface area contributed by atoms with Crippen LogP contribution in [0, 0.1) is 13.8 Å². The maximum absolute atomic E-state index is 12.4. The third-order valence-electron chi connectivity index (χ3n) is 4.86. The number of anilines is 1. The number of benzene rings is 2. The van der Waals surface area contributed by atoms with E-state index in [1.165, 1.54) is 17.3 Å². The summed E-state index contributed by atoms with van der Waals surface area (Å²) in [5.74, 6) is 2.09. The Bertz CT molecular complexity index is 1050. The third kappa shape index (κ3) is 6.47. The molecular formula is C25H30N4O2S. The van der Waals surface area contributed by atoms with E-state index in [0.717, 1.165) is 22.6 Å². The van der Waals surface area contributed by atoms with E-state index in [4.69, 9.17) is 4.74 Å². The number of aromatic nitrogens is 3. The molecule has 0 radical (unpaired) electrons. The van der Waals surface area contributed by atoms with Gasteiger partial charge < -0.3 is 10.1 Å². The number of ether oxygens (including phenoxy) is 1. The van der Waals surface area contributed by atoms with Crippen LogP contribution in [0.1, 0.15) is 42.3 Å². The van der Waals surface area contributed by atoms with Crippen LogP contribution in [-0.2, 0) is 17.9 Å². The van der Waals surface area contributed by atoms with Gasteiger partial charge in [-0.1, -0.05) is 49.9 Å². The molecule has 1 N–H and O–H groups in total. The summed E-state index contributed by atoms with van der Waals surface area (Å²) in [5, 5.41) is 12.1. The summed E-state index contributed by atoms with van der Waals surface area (Å²) in [4.78, 5) is 12.4. The molecule has 0 aliphatic carbocycles. The topological polar surface area (TPSA) is 69.0 Å². The lowest BCUT2D eigenvalue weighted by atomic mass is 10.0. The number of allylic oxidation sites excluding steroid dienone is 1. The van der Waals surface area contributed by atoms with Gasteiger partial charge in [0.2, 0.25) is 5.91 Å². The molecule has 32 heavy (non-hydrogen) atoms. The number of amides is 1. The molecule has 0 saturated carbocycles. The first kappa shape index (κ1) is 23.6. The molecular weight excluding hydrogens is 420 g/mol. The molecule has 3 rings (SSSR count). The maximum Gasteiger partial charge on any atom is 0.234 e. The summed E-state index contributed by atoms with van der Waals surface area (Å²) in [5.41, 5.74) is 4.32. The number of nitrogens with zero attached hydrogens (tertiary/aromatic N) is 3. The Balaban J connectivity index is 1.60. The summed E-state index contributed by atoms with van der Waals surface area (Å²) < 4.78 is 7.86. The predicted octanol–water partition coefficient (Wildman–Crippen LogP) is 5.51. The molecule has 0 saturated heterocycles. The Kier molecular flexibility index (Phi) is 8.11. The fourth-order valence-electron chi connectivity index (χ4n) is 3.29. The number of rotatable bonds is 10. The zero-order chi connectivity index (χ0) is 23.1. The van der Waals surface area contributed by atoms with Crippen molar-refractivity contribution in [1.29, 1.82) is 0 Å². The number of thioether (sulfide) groups is 1. The Morgan fingerprint density at radius 2 is 1.84 bits per heavy atom. The van der Waals surface area contributed by atoms with Crippen molar-refractivity contribution >= 4 is 23.4 Å². The molecule has 1 aromatic heterocycles. The number of hydrogen-bond acceptors (Lipinski definition) is 5. The largest absolute Gasteiger partial charge is 0.486 e. The summed E-state index contributed by atoms with van der Waals surface area (Å²) in [7, 11) is 0. The lowest BCUT2D eigenvalue weighted by molar-refractivity contribution is -0.113. The highest BCUT2D eigenvalue weighted by molar-refractivity contribution is 7.99. The monoisotopic (exact) mass is 450 g/mol. The normalized spacial score (nSPS) is 10.9. The molecule has 0 bridgehead atoms. The first-order valence-corrected chi connectivity index (χ1v) is 11.6. The van der Waals surface area contributed by atoms with E-state index in [0.29, 0.717) is 30.1 Å². The average Bonchev–Trinajstić information content (AvgIpc) is 3.12. The van der Waals surface area contributed by atoms with Crippen LogP contribution in [-0.4, -0.2) is 26.4 Å². The molecule has 6 nitrogen and oxygen atoms in total. The molecule has 0 spiro atoms. The summed E-state index contributed by atoms with van der Waals surface area (Å²) >= 11 is 1.34. The van der Waals surface area contributed by atoms with Gasteiger partial charge in [-0.05, 0) is 60.7 Å². The van der Waals surface area contributed by atoms with E-state index in [1.54, 1.807) is 6.08 Å². The Morgan fingerprint density at radius 3 is 2.47 bits per heavy atom. The molecule has 0 atom stereocenters. The minimum Gasteiger partial charge on any atom is -0.486 e. The first-order valence-electron chi connectivity index (χ1n) is 10.6. The van der Waals surface area contributed by atoms with E-state index >= 15 is 0 Å². The van der Waals surface area contributed by atoms with Crippen LogP contribution in [0.3, 0.4) is 0 Å². The van der Waals surface area contributed by atoms with Crippen LogP contribution in [0.2, 0.25) is 0 Å². The standard InChI is InChI=1S/C25H30N4O2S/c1-6-11-29-23(15-31-22-13-18(4)12-19(5)14-22)27-28-25(29)32-16-24(30)26-21-9-7-20(8-10-21)17(2)3/h6-10,12-14,17H,1,11,15-16H2,2-5H3,(H,26,30). The molecule has 7 heteroatoms. The third-order valence-corrected chi connectivity index (χ3v) is 5.83. The highest BCUT2D eigenvalue weighted by atomic mass is 32.2. The number of hydrogen-bond donors (Lipinski definition) is 1. The minimum atomic E-state index is -0.0894. The van der Waals surface area contributed by atoms with Crippen LogP contribution in [0.25, 0.3) is 0 Å². The van der Waals surface area contributed by atoms with E-state index in [-0.39, 0.29) is 11.7 Å². The Hall–Kier alpha value is -3.06. The van der Waals surface area contributed by atoms with Gasteiger partial charge in [-0.15, -0.1) is 16.8 Å². The maximum atomic E-state index is 12.4. The van der Waals surface area contributed by atoms with Crippen molar-refractivity contribution in [2.45, 2.75) is 51.9 Å². The lowest BCUT2D eigenvalue weighted by Crippen LogP contribution is -2.15. The van der Waals surface area contributed by atoms with Gasteiger partial charge in [0.05, 0.1) is 5.75 Å². The molecule has 0 unspecified atom stereocenters. The minimum absolute atomic E-state index is 0.0894. The highest BCUT2D eigenvalue weighted by Crippen LogP contribution is 2.21. The fourth-order valence-corrected chi connectivity index (χ4v) is 4.05. The highest BCUT2D eigenvalue weighted by Gasteiger charge is 2.14. The number of carbonyl (C=O) groups excluding carboxylic acids is 1. The molecule has 0 fully saturated rings. The molecule has 0 aliphatic heterocycles. The summed E-state index contributed by atoms with van der Waals surface area (Å²) in [6.07, 6.45) is 1.78. The van der Waals surface area contributed by atoms with E-state index in [1.807, 2.05) is 54.8 Å². The van der Waals surface area contributed by atoms with Gasteiger partial charge in [-0.2, -0.15) is 0 Å². The van der Waals surface area contributed by atoms with Gasteiger partial charge >= 0.3 is 0 Å². The predicted molar refractivity (Wildman–Crippen MR) is 130 cm³/mol. The zero-order valence-electron chi connectivity index (χ0n) is 19.1. The van der Waals surface area contributed by atoms with Crippen LogP contribution in [0.4, 0.5) is 5.69 Å². The second-order valence-corrected chi connectivity index (χ2v) is 8.97. The van der Waals surface area contributed by atoms with E-state index in [2.05, 4.69) is 42.0 Å². The van der Waals surface area contributed by atoms with E-state index in [9.17, 15) is 4.79 Å². The summed E-state index contributed by atoms with van der Waals surface area (Å²) in [6, 6.07) is 14.0. The van der Waals surface area contributed by atoms with E-state index < -0.39 is 0 Å². The Morgan fingerprint density at radius 1 is 1.16 bits per heavy atom. The van der Waals surface area contributed by atoms with Crippen LogP contribution in [0.15, 0.2) is 60.3 Å². The SMILES string of the molecule is C=CCn1c(COc2cc(C)cc(C)c2)nnc1SCC(=O)Nc1ccc(C(C)C)cc1. The quantitative estimate of drug-likeness (QED) is 0.326. The Labute approximate surface area is 194 Å². The fraction of sp³-hybridized carbons (Fsp3) is 0.320. The van der Waals surface area contributed by atoms with Crippen LogP contribution in [0.5, 0.6) is 5.75 Å². The number of aryl methyl sites for hydroxylation is 2. The second-order valence-electron chi connectivity index (χ2n) is 8.02. The van der Waals surface area contributed by atoms with Gasteiger partial charge in [0.1, 0.15) is 12.4 Å². The van der Waals surface area contributed by atoms with Crippen molar-refractivity contribution in [2.24, 2.45) is 0 Å². The first-order chi connectivity index (χ1) is 15.4. The van der Waals surface area contributed by atoms with Crippen molar-refractivity contribution in [2.75, 3.05) is 11.1 Å². The smallest absolute Gasteiger partial charge is 0.234 e. The van der Waals surface area contributed by atoms with Gasteiger partial charge in [-0.25, -0.2) is 0 Å². The van der Waals surface area contributed by atoms with Crippen molar-refractivity contribution in [1.82, 2.24) is 14.8 Å². The summed E-state index contributed by atoms with van der Waals surface area (Å²) in [6.45, 7) is 13.0. The molecule has 0 aliphatic rings. The van der Waals surface area contributed by atoms with Crippen molar-refractivity contribution < 1.29 is 9.53 Å². The molecule has 1 heterocycles. The number of nitrogens with one attached hydrogen (secondary N) is 1. The number of carbonyl (C=O) groups is 1. The van der Waals surface area contributed by atoms with Crippen LogP contribution < -0.4 is 10.1 Å². The van der Waals surface area contributed by atoms with Crippen LogP contribution >= 0.6 is 11.8 Å². The van der Waals surface area contributed by atoms with Crippen molar-refractivity contribution in [3.05, 3.63) is 77.6 Å². The zero-order valence-corrected chi connectivity index (χ0v) is 19.9. The van der Waals surface area contributed by atoms with Gasteiger partial charge in [0.15, 0.2) is 11.0 Å². The van der Waals surface area contributed by atoms with Gasteiger partial charge in [-0.3, -0.25) is 9.36 Å². The average molecular weight is 451 g/mol. The molecule has 2 aromatic carbocycles. The molecule has 3 aromatic rings. The van der Waals surface area contributed by atoms with Crippen molar-refractivity contribution in [3.63, 3.8) is 0 Å². The second kappa shape index (κ2) is 11.0. The van der Waals surface area contributed by atoms with Crippen molar-refractivity contribution in [3.8, 4) is 5.75 Å².